The normalized spacial score (nSPS) is 21.8. The molecule has 112 valence electrons. The summed E-state index contributed by atoms with van der Waals surface area (Å²) in [6, 6.07) is 6.69. The summed E-state index contributed by atoms with van der Waals surface area (Å²) in [5, 5.41) is 0. The van der Waals surface area contributed by atoms with E-state index in [4.69, 9.17) is 4.74 Å². The van der Waals surface area contributed by atoms with Crippen molar-refractivity contribution < 1.29 is 4.74 Å². The van der Waals surface area contributed by atoms with Gasteiger partial charge in [-0.15, -0.1) is 0 Å². The van der Waals surface area contributed by atoms with Crippen molar-refractivity contribution in [3.63, 3.8) is 0 Å². The van der Waals surface area contributed by atoms with Gasteiger partial charge in [0.25, 0.3) is 0 Å². The molecule has 0 saturated carbocycles. The van der Waals surface area contributed by atoms with Gasteiger partial charge in [0.15, 0.2) is 0 Å². The van der Waals surface area contributed by atoms with Gasteiger partial charge in [0.2, 0.25) is 0 Å². The highest BCUT2D eigenvalue weighted by molar-refractivity contribution is 5.77. The lowest BCUT2D eigenvalue weighted by molar-refractivity contribution is 0.0558. The van der Waals surface area contributed by atoms with Crippen molar-refractivity contribution in [3.8, 4) is 11.1 Å². The molecule has 4 rings (SSSR count). The molecule has 1 aromatic heterocycles. The summed E-state index contributed by atoms with van der Waals surface area (Å²) in [6.45, 7) is 6.22. The van der Waals surface area contributed by atoms with Gasteiger partial charge in [0.05, 0.1) is 0 Å². The van der Waals surface area contributed by atoms with Crippen molar-refractivity contribution in [2.45, 2.75) is 19.3 Å². The fourth-order valence-electron chi connectivity index (χ4n) is 3.81. The van der Waals surface area contributed by atoms with E-state index in [1.807, 2.05) is 12.4 Å². The molecule has 0 amide bonds. The van der Waals surface area contributed by atoms with E-state index in [0.717, 1.165) is 44.0 Å². The maximum Gasteiger partial charge on any atom is 0.115 e. The van der Waals surface area contributed by atoms with Crippen LogP contribution in [0.15, 0.2) is 43.5 Å². The van der Waals surface area contributed by atoms with Crippen molar-refractivity contribution in [1.29, 1.82) is 0 Å². The summed E-state index contributed by atoms with van der Waals surface area (Å²) in [4.78, 5) is 8.23. The quantitative estimate of drug-likeness (QED) is 0.845. The van der Waals surface area contributed by atoms with Gasteiger partial charge in [0.1, 0.15) is 6.33 Å². The number of hydrogen-bond donors (Lipinski definition) is 0. The molecular weight excluding hydrogens is 272 g/mol. The zero-order valence-electron chi connectivity index (χ0n) is 12.7. The third-order valence-corrected chi connectivity index (χ3v) is 5.07. The van der Waals surface area contributed by atoms with Gasteiger partial charge in [-0.2, -0.15) is 0 Å². The van der Waals surface area contributed by atoms with Crippen LogP contribution in [0, 0.1) is 11.8 Å². The molecule has 1 aromatic carbocycles. The molecule has 22 heavy (non-hydrogen) atoms. The predicted octanol–water partition coefficient (Wildman–Crippen LogP) is 3.76. The van der Waals surface area contributed by atoms with Crippen molar-refractivity contribution in [3.05, 3.63) is 54.6 Å². The summed E-state index contributed by atoms with van der Waals surface area (Å²) in [5.41, 5.74) is 6.31. The average Bonchev–Trinajstić information content (AvgIpc) is 2.93. The van der Waals surface area contributed by atoms with Crippen LogP contribution < -0.4 is 0 Å². The Morgan fingerprint density at radius 2 is 1.82 bits per heavy atom. The minimum Gasteiger partial charge on any atom is -0.381 e. The van der Waals surface area contributed by atoms with Crippen LogP contribution in [0.1, 0.15) is 24.0 Å². The van der Waals surface area contributed by atoms with Crippen LogP contribution in [-0.4, -0.2) is 23.2 Å². The lowest BCUT2D eigenvalue weighted by atomic mass is 9.82. The molecule has 0 N–H and O–H groups in total. The molecule has 2 aliphatic rings. The van der Waals surface area contributed by atoms with Gasteiger partial charge in [-0.3, -0.25) is 0 Å². The van der Waals surface area contributed by atoms with E-state index in [2.05, 4.69) is 34.7 Å². The number of nitrogens with zero attached hydrogens (tertiary/aromatic N) is 2. The van der Waals surface area contributed by atoms with E-state index >= 15 is 0 Å². The molecule has 0 radical (unpaired) electrons. The molecule has 1 saturated heterocycles. The molecule has 3 heteroatoms. The number of aromatic nitrogens is 2. The van der Waals surface area contributed by atoms with E-state index in [9.17, 15) is 0 Å². The van der Waals surface area contributed by atoms with Crippen LogP contribution in [0.3, 0.4) is 0 Å². The Morgan fingerprint density at radius 3 is 2.59 bits per heavy atom. The summed E-state index contributed by atoms with van der Waals surface area (Å²) in [7, 11) is 0. The van der Waals surface area contributed by atoms with Crippen LogP contribution >= 0.6 is 0 Å². The zero-order chi connectivity index (χ0) is 14.9. The first-order valence-electron chi connectivity index (χ1n) is 7.98. The molecule has 1 unspecified atom stereocenters. The average molecular weight is 292 g/mol. The Kier molecular flexibility index (Phi) is 3.51. The maximum atomic E-state index is 5.51. The summed E-state index contributed by atoms with van der Waals surface area (Å²) in [5.74, 6) is 1.30. The lowest BCUT2D eigenvalue weighted by Gasteiger charge is -2.28. The maximum absolute atomic E-state index is 5.51. The Hall–Kier alpha value is -2.00. The van der Waals surface area contributed by atoms with Gasteiger partial charge in [-0.1, -0.05) is 18.7 Å². The Labute approximate surface area is 131 Å². The molecule has 1 aliphatic heterocycles. The van der Waals surface area contributed by atoms with E-state index in [-0.39, 0.29) is 0 Å². The fraction of sp³-hybridized carbons (Fsp3) is 0.368. The van der Waals surface area contributed by atoms with E-state index in [0.29, 0.717) is 5.92 Å². The number of fused-ring (bicyclic) bond motifs is 1. The smallest absolute Gasteiger partial charge is 0.115 e. The van der Waals surface area contributed by atoms with Crippen LogP contribution in [0.5, 0.6) is 0 Å². The monoisotopic (exact) mass is 292 g/mol. The third kappa shape index (κ3) is 2.35. The second kappa shape index (κ2) is 5.65. The van der Waals surface area contributed by atoms with Crippen molar-refractivity contribution >= 4 is 5.57 Å². The molecule has 2 heterocycles. The third-order valence-electron chi connectivity index (χ3n) is 5.07. The van der Waals surface area contributed by atoms with Gasteiger partial charge < -0.3 is 4.74 Å². The van der Waals surface area contributed by atoms with Crippen molar-refractivity contribution in [1.82, 2.24) is 9.97 Å². The van der Waals surface area contributed by atoms with Crippen LogP contribution in [-0.2, 0) is 11.2 Å². The molecule has 1 atom stereocenters. The second-order valence-corrected chi connectivity index (χ2v) is 6.28. The summed E-state index contributed by atoms with van der Waals surface area (Å²) in [6.07, 6.45) is 8.75. The molecule has 2 aromatic rings. The summed E-state index contributed by atoms with van der Waals surface area (Å²) < 4.78 is 5.51. The first kappa shape index (κ1) is 13.6. The Bertz CT molecular complexity index is 690. The molecule has 1 aliphatic carbocycles. The number of benzene rings is 1. The highest BCUT2D eigenvalue weighted by Gasteiger charge is 2.32. The van der Waals surface area contributed by atoms with Crippen molar-refractivity contribution in [2.75, 3.05) is 13.2 Å². The standard InChI is InChI=1S/C19H20N2O/c1-13-18(14-4-6-22-7-5-14)9-16-3-2-15(8-19(13)16)17-10-20-12-21-11-17/h2-3,8,10-12,14,18H,1,4-7,9H2. The number of ether oxygens (including phenoxy) is 1. The van der Waals surface area contributed by atoms with Crippen molar-refractivity contribution in [2.24, 2.45) is 11.8 Å². The van der Waals surface area contributed by atoms with Crippen LogP contribution in [0.2, 0.25) is 0 Å². The first-order valence-corrected chi connectivity index (χ1v) is 7.98. The first-order chi connectivity index (χ1) is 10.8. The van der Waals surface area contributed by atoms with Gasteiger partial charge >= 0.3 is 0 Å². The Morgan fingerprint density at radius 1 is 1.05 bits per heavy atom. The highest BCUT2D eigenvalue weighted by atomic mass is 16.5. The van der Waals surface area contributed by atoms with Crippen LogP contribution in [0.25, 0.3) is 16.7 Å². The number of rotatable bonds is 2. The largest absolute Gasteiger partial charge is 0.381 e. The molecule has 3 nitrogen and oxygen atoms in total. The minimum absolute atomic E-state index is 0.584. The number of allylic oxidation sites excluding steroid dienone is 1. The van der Waals surface area contributed by atoms with E-state index in [1.54, 1.807) is 6.33 Å². The fourth-order valence-corrected chi connectivity index (χ4v) is 3.81. The molecule has 1 fully saturated rings. The number of hydrogen-bond acceptors (Lipinski definition) is 3. The topological polar surface area (TPSA) is 35.0 Å². The molecular formula is C19H20N2O. The predicted molar refractivity (Wildman–Crippen MR) is 87.2 cm³/mol. The Balaban J connectivity index is 1.63. The zero-order valence-corrected chi connectivity index (χ0v) is 12.7. The van der Waals surface area contributed by atoms with Crippen LogP contribution in [0.4, 0.5) is 0 Å². The minimum atomic E-state index is 0.584. The van der Waals surface area contributed by atoms with E-state index < -0.39 is 0 Å². The highest BCUT2D eigenvalue weighted by Crippen LogP contribution is 2.44. The summed E-state index contributed by atoms with van der Waals surface area (Å²) >= 11 is 0. The van der Waals surface area contributed by atoms with Gasteiger partial charge in [-0.05, 0) is 59.4 Å². The van der Waals surface area contributed by atoms with E-state index in [1.165, 1.54) is 22.3 Å². The van der Waals surface area contributed by atoms with Gasteiger partial charge in [0, 0.05) is 31.2 Å². The van der Waals surface area contributed by atoms with Gasteiger partial charge in [-0.25, -0.2) is 9.97 Å². The SMILES string of the molecule is C=C1c2cc(-c3cncnc3)ccc2CC1C1CCOCC1. The molecule has 0 bridgehead atoms. The second-order valence-electron chi connectivity index (χ2n) is 6.28. The lowest BCUT2D eigenvalue weighted by Crippen LogP contribution is -2.23. The molecule has 0 spiro atoms.